The highest BCUT2D eigenvalue weighted by atomic mass is 32.1. The minimum atomic E-state index is -1.06. The van der Waals surface area contributed by atoms with Crippen molar-refractivity contribution < 1.29 is 9.90 Å². The van der Waals surface area contributed by atoms with Crippen LogP contribution in [0.3, 0.4) is 0 Å². The van der Waals surface area contributed by atoms with E-state index in [1.165, 1.54) is 11.3 Å². The molecule has 0 saturated carbocycles. The number of thiophene rings is 1. The highest BCUT2D eigenvalue weighted by molar-refractivity contribution is 7.10. The molecule has 0 aliphatic heterocycles. The van der Waals surface area contributed by atoms with Gasteiger partial charge in [0, 0.05) is 10.6 Å². The SMILES string of the molecule is Cc1ccc(C)c(NC(=O)NCC(C)(O)c2cccs2)c1. The second-order valence-electron chi connectivity index (χ2n) is 5.38. The summed E-state index contributed by atoms with van der Waals surface area (Å²) in [4.78, 5) is 12.8. The molecule has 1 aromatic heterocycles. The van der Waals surface area contributed by atoms with Gasteiger partial charge in [-0.3, -0.25) is 0 Å². The summed E-state index contributed by atoms with van der Waals surface area (Å²) in [7, 11) is 0. The van der Waals surface area contributed by atoms with Gasteiger partial charge in [-0.25, -0.2) is 4.79 Å². The Kier molecular flexibility index (Phi) is 4.65. The van der Waals surface area contributed by atoms with Crippen LogP contribution in [0.5, 0.6) is 0 Å². The summed E-state index contributed by atoms with van der Waals surface area (Å²) in [6.07, 6.45) is 0. The number of hydrogen-bond donors (Lipinski definition) is 3. The van der Waals surface area contributed by atoms with Crippen LogP contribution in [0, 0.1) is 13.8 Å². The molecule has 3 N–H and O–H groups in total. The van der Waals surface area contributed by atoms with Crippen LogP contribution >= 0.6 is 11.3 Å². The predicted octanol–water partition coefficient (Wildman–Crippen LogP) is 3.39. The molecule has 2 amide bonds. The van der Waals surface area contributed by atoms with Gasteiger partial charge in [0.15, 0.2) is 0 Å². The van der Waals surface area contributed by atoms with Crippen molar-refractivity contribution in [1.29, 1.82) is 0 Å². The highest BCUT2D eigenvalue weighted by Gasteiger charge is 2.24. The summed E-state index contributed by atoms with van der Waals surface area (Å²) < 4.78 is 0. The van der Waals surface area contributed by atoms with Gasteiger partial charge in [0.2, 0.25) is 0 Å². The first-order chi connectivity index (χ1) is 9.88. The van der Waals surface area contributed by atoms with Crippen molar-refractivity contribution in [3.8, 4) is 0 Å². The fourth-order valence-electron chi connectivity index (χ4n) is 1.96. The lowest BCUT2D eigenvalue weighted by molar-refractivity contribution is 0.0637. The molecule has 0 aliphatic carbocycles. The molecule has 2 rings (SSSR count). The molecular weight excluding hydrogens is 284 g/mol. The number of anilines is 1. The van der Waals surface area contributed by atoms with E-state index in [1.807, 2.05) is 49.6 Å². The van der Waals surface area contributed by atoms with Gasteiger partial charge in [-0.2, -0.15) is 0 Å². The standard InChI is InChI=1S/C16H20N2O2S/c1-11-6-7-12(2)13(9-11)18-15(19)17-10-16(3,20)14-5-4-8-21-14/h4-9,20H,10H2,1-3H3,(H2,17,18,19). The molecular formula is C16H20N2O2S. The second-order valence-corrected chi connectivity index (χ2v) is 6.32. The van der Waals surface area contributed by atoms with Gasteiger partial charge in [-0.15, -0.1) is 11.3 Å². The Labute approximate surface area is 128 Å². The van der Waals surface area contributed by atoms with E-state index in [4.69, 9.17) is 0 Å². The number of nitrogens with one attached hydrogen (secondary N) is 2. The van der Waals surface area contributed by atoms with E-state index < -0.39 is 5.60 Å². The molecule has 112 valence electrons. The Morgan fingerprint density at radius 2 is 2.10 bits per heavy atom. The lowest BCUT2D eigenvalue weighted by atomic mass is 10.1. The van der Waals surface area contributed by atoms with Crippen LogP contribution in [0.4, 0.5) is 10.5 Å². The Hall–Kier alpha value is -1.85. The zero-order valence-corrected chi connectivity index (χ0v) is 13.3. The summed E-state index contributed by atoms with van der Waals surface area (Å²) in [6.45, 7) is 5.77. The van der Waals surface area contributed by atoms with E-state index in [9.17, 15) is 9.90 Å². The Morgan fingerprint density at radius 3 is 2.76 bits per heavy atom. The van der Waals surface area contributed by atoms with Crippen LogP contribution in [0.1, 0.15) is 22.9 Å². The van der Waals surface area contributed by atoms with Crippen molar-refractivity contribution in [3.05, 3.63) is 51.7 Å². The van der Waals surface area contributed by atoms with Gasteiger partial charge in [-0.1, -0.05) is 18.2 Å². The summed E-state index contributed by atoms with van der Waals surface area (Å²) in [6, 6.07) is 9.30. The maximum atomic E-state index is 12.0. The minimum absolute atomic E-state index is 0.157. The van der Waals surface area contributed by atoms with Crippen LogP contribution in [-0.4, -0.2) is 17.7 Å². The third kappa shape index (κ3) is 4.06. The molecule has 0 radical (unpaired) electrons. The fourth-order valence-corrected chi connectivity index (χ4v) is 2.75. The van der Waals surface area contributed by atoms with E-state index in [2.05, 4.69) is 10.6 Å². The molecule has 0 bridgehead atoms. The van der Waals surface area contributed by atoms with Crippen LogP contribution < -0.4 is 10.6 Å². The fraction of sp³-hybridized carbons (Fsp3) is 0.312. The Balaban J connectivity index is 1.95. The topological polar surface area (TPSA) is 61.4 Å². The van der Waals surface area contributed by atoms with Crippen molar-refractivity contribution in [3.63, 3.8) is 0 Å². The van der Waals surface area contributed by atoms with E-state index >= 15 is 0 Å². The molecule has 1 heterocycles. The monoisotopic (exact) mass is 304 g/mol. The molecule has 4 nitrogen and oxygen atoms in total. The van der Waals surface area contributed by atoms with Crippen LogP contribution in [-0.2, 0) is 5.60 Å². The normalized spacial score (nSPS) is 13.5. The maximum absolute atomic E-state index is 12.0. The van der Waals surface area contributed by atoms with Gasteiger partial charge < -0.3 is 15.7 Å². The third-order valence-electron chi connectivity index (χ3n) is 3.29. The first kappa shape index (κ1) is 15.5. The molecule has 21 heavy (non-hydrogen) atoms. The van der Waals surface area contributed by atoms with E-state index in [-0.39, 0.29) is 12.6 Å². The summed E-state index contributed by atoms with van der Waals surface area (Å²) in [5.74, 6) is 0. The Bertz CT molecular complexity index is 621. The van der Waals surface area contributed by atoms with Crippen molar-refractivity contribution in [2.24, 2.45) is 0 Å². The van der Waals surface area contributed by atoms with Crippen LogP contribution in [0.25, 0.3) is 0 Å². The van der Waals surface area contributed by atoms with Gasteiger partial charge in [0.1, 0.15) is 5.60 Å². The number of carbonyl (C=O) groups is 1. The molecule has 2 aromatic rings. The number of hydrogen-bond acceptors (Lipinski definition) is 3. The first-order valence-corrected chi connectivity index (χ1v) is 7.65. The molecule has 1 unspecified atom stereocenters. The van der Waals surface area contributed by atoms with Crippen molar-refractivity contribution in [1.82, 2.24) is 5.32 Å². The zero-order valence-electron chi connectivity index (χ0n) is 12.4. The lowest BCUT2D eigenvalue weighted by Crippen LogP contribution is -2.40. The van der Waals surface area contributed by atoms with Gasteiger partial charge in [0.05, 0.1) is 6.54 Å². The van der Waals surface area contributed by atoms with Gasteiger partial charge in [-0.05, 0) is 49.4 Å². The average Bonchev–Trinajstić information content (AvgIpc) is 2.96. The molecule has 5 heteroatoms. The van der Waals surface area contributed by atoms with Crippen molar-refractivity contribution in [2.75, 3.05) is 11.9 Å². The van der Waals surface area contributed by atoms with Crippen LogP contribution in [0.2, 0.25) is 0 Å². The third-order valence-corrected chi connectivity index (χ3v) is 4.41. The van der Waals surface area contributed by atoms with Crippen LogP contribution in [0.15, 0.2) is 35.7 Å². The van der Waals surface area contributed by atoms with Crippen molar-refractivity contribution in [2.45, 2.75) is 26.4 Å². The minimum Gasteiger partial charge on any atom is -0.383 e. The number of urea groups is 1. The number of carbonyl (C=O) groups excluding carboxylic acids is 1. The lowest BCUT2D eigenvalue weighted by Gasteiger charge is -2.22. The molecule has 0 fully saturated rings. The first-order valence-electron chi connectivity index (χ1n) is 6.77. The Morgan fingerprint density at radius 1 is 1.33 bits per heavy atom. The van der Waals surface area contributed by atoms with E-state index in [0.29, 0.717) is 0 Å². The summed E-state index contributed by atoms with van der Waals surface area (Å²) in [5.41, 5.74) is 1.80. The summed E-state index contributed by atoms with van der Waals surface area (Å²) >= 11 is 1.47. The van der Waals surface area contributed by atoms with Crippen molar-refractivity contribution >= 4 is 23.1 Å². The van der Waals surface area contributed by atoms with Gasteiger partial charge in [0.25, 0.3) is 0 Å². The number of benzene rings is 1. The number of aryl methyl sites for hydroxylation is 2. The number of amides is 2. The predicted molar refractivity (Wildman–Crippen MR) is 86.8 cm³/mol. The van der Waals surface area contributed by atoms with E-state index in [1.54, 1.807) is 6.92 Å². The summed E-state index contributed by atoms with van der Waals surface area (Å²) in [5, 5.41) is 17.8. The molecule has 0 spiro atoms. The highest BCUT2D eigenvalue weighted by Crippen LogP contribution is 2.24. The maximum Gasteiger partial charge on any atom is 0.319 e. The molecule has 1 atom stereocenters. The second kappa shape index (κ2) is 6.28. The number of rotatable bonds is 4. The number of aliphatic hydroxyl groups is 1. The molecule has 0 aliphatic rings. The average molecular weight is 304 g/mol. The molecule has 0 saturated heterocycles. The van der Waals surface area contributed by atoms with Gasteiger partial charge >= 0.3 is 6.03 Å². The molecule has 1 aromatic carbocycles. The van der Waals surface area contributed by atoms with E-state index in [0.717, 1.165) is 21.7 Å². The zero-order chi connectivity index (χ0) is 15.5. The largest absolute Gasteiger partial charge is 0.383 e. The smallest absolute Gasteiger partial charge is 0.319 e. The quantitative estimate of drug-likeness (QED) is 0.811.